The second-order valence-electron chi connectivity index (χ2n) is 5.06. The van der Waals surface area contributed by atoms with Crippen LogP contribution in [0.25, 0.3) is 0 Å². The molecule has 2 rings (SSSR count). The van der Waals surface area contributed by atoms with E-state index in [1.54, 1.807) is 6.26 Å². The molecule has 0 amide bonds. The summed E-state index contributed by atoms with van der Waals surface area (Å²) in [4.78, 5) is 1.34. The van der Waals surface area contributed by atoms with Gasteiger partial charge in [-0.15, -0.1) is 11.8 Å². The molecule has 0 radical (unpaired) electrons. The van der Waals surface area contributed by atoms with Crippen LogP contribution in [0.3, 0.4) is 0 Å². The van der Waals surface area contributed by atoms with Gasteiger partial charge in [-0.2, -0.15) is 0 Å². The molecule has 0 bridgehead atoms. The summed E-state index contributed by atoms with van der Waals surface area (Å²) in [5.41, 5.74) is 1.32. The van der Waals surface area contributed by atoms with Gasteiger partial charge in [0.2, 0.25) is 0 Å². The lowest BCUT2D eigenvalue weighted by Crippen LogP contribution is -2.33. The Balaban J connectivity index is 1.89. The van der Waals surface area contributed by atoms with Crippen molar-refractivity contribution in [1.29, 1.82) is 0 Å². The van der Waals surface area contributed by atoms with Crippen molar-refractivity contribution in [3.63, 3.8) is 0 Å². The van der Waals surface area contributed by atoms with Crippen molar-refractivity contribution in [1.82, 2.24) is 5.32 Å². The lowest BCUT2D eigenvalue weighted by atomic mass is 10.2. The van der Waals surface area contributed by atoms with Gasteiger partial charge in [-0.05, 0) is 44.2 Å². The van der Waals surface area contributed by atoms with E-state index in [0.29, 0.717) is 6.04 Å². The van der Waals surface area contributed by atoms with Crippen LogP contribution in [0.2, 0.25) is 0 Å². The third-order valence-corrected chi connectivity index (χ3v) is 4.31. The van der Waals surface area contributed by atoms with E-state index in [0.717, 1.165) is 30.9 Å². The molecular formula is C17H23NOS. The normalized spacial score (nSPS) is 12.5. The number of furan rings is 1. The third kappa shape index (κ3) is 5.06. The first-order chi connectivity index (χ1) is 9.78. The number of thioether (sulfide) groups is 1. The van der Waals surface area contributed by atoms with Crippen molar-refractivity contribution >= 4 is 11.8 Å². The Morgan fingerprint density at radius 1 is 1.25 bits per heavy atom. The number of aryl methyl sites for hydroxylation is 1. The smallest absolute Gasteiger partial charge is 0.105 e. The van der Waals surface area contributed by atoms with E-state index in [4.69, 9.17) is 4.42 Å². The van der Waals surface area contributed by atoms with Crippen LogP contribution in [0.1, 0.15) is 24.7 Å². The minimum absolute atomic E-state index is 0.451. The first kappa shape index (κ1) is 15.2. The molecule has 0 spiro atoms. The second-order valence-corrected chi connectivity index (χ2v) is 6.16. The van der Waals surface area contributed by atoms with E-state index in [2.05, 4.69) is 49.5 Å². The summed E-state index contributed by atoms with van der Waals surface area (Å²) in [5, 5.41) is 3.61. The fourth-order valence-corrected chi connectivity index (χ4v) is 3.19. The zero-order valence-corrected chi connectivity index (χ0v) is 13.1. The van der Waals surface area contributed by atoms with Gasteiger partial charge >= 0.3 is 0 Å². The minimum atomic E-state index is 0.451. The molecule has 0 aliphatic carbocycles. The maximum atomic E-state index is 5.47. The summed E-state index contributed by atoms with van der Waals surface area (Å²) < 4.78 is 5.47. The van der Waals surface area contributed by atoms with Crippen LogP contribution < -0.4 is 5.32 Å². The fraction of sp³-hybridized carbons (Fsp3) is 0.412. The van der Waals surface area contributed by atoms with E-state index in [9.17, 15) is 0 Å². The van der Waals surface area contributed by atoms with Crippen LogP contribution in [0, 0.1) is 6.92 Å². The number of rotatable bonds is 8. The summed E-state index contributed by atoms with van der Waals surface area (Å²) in [7, 11) is 0. The van der Waals surface area contributed by atoms with Gasteiger partial charge in [-0.1, -0.05) is 24.6 Å². The molecule has 3 heteroatoms. The number of hydrogen-bond donors (Lipinski definition) is 1. The fourth-order valence-electron chi connectivity index (χ4n) is 2.11. The Bertz CT molecular complexity index is 495. The predicted molar refractivity (Wildman–Crippen MR) is 86.4 cm³/mol. The molecule has 0 saturated heterocycles. The van der Waals surface area contributed by atoms with E-state index in [1.807, 2.05) is 17.8 Å². The maximum absolute atomic E-state index is 5.47. The Morgan fingerprint density at radius 2 is 2.15 bits per heavy atom. The molecule has 0 fully saturated rings. The first-order valence-corrected chi connectivity index (χ1v) is 8.21. The van der Waals surface area contributed by atoms with Gasteiger partial charge in [0.25, 0.3) is 0 Å². The monoisotopic (exact) mass is 289 g/mol. The SMILES string of the molecule is CCCNC(CSc1cccc(C)c1)Cc1ccco1. The molecule has 0 aliphatic heterocycles. The molecule has 2 nitrogen and oxygen atoms in total. The van der Waals surface area contributed by atoms with E-state index < -0.39 is 0 Å². The van der Waals surface area contributed by atoms with Crippen molar-refractivity contribution < 1.29 is 4.42 Å². The molecule has 0 saturated carbocycles. The largest absolute Gasteiger partial charge is 0.469 e. The number of benzene rings is 1. The molecule has 1 N–H and O–H groups in total. The van der Waals surface area contributed by atoms with E-state index >= 15 is 0 Å². The molecule has 2 aromatic rings. The average Bonchev–Trinajstić information content (AvgIpc) is 2.95. The van der Waals surface area contributed by atoms with Crippen molar-refractivity contribution in [2.75, 3.05) is 12.3 Å². The van der Waals surface area contributed by atoms with Crippen LogP contribution in [0.15, 0.2) is 52.0 Å². The van der Waals surface area contributed by atoms with Gasteiger partial charge in [0.05, 0.1) is 6.26 Å². The van der Waals surface area contributed by atoms with Crippen molar-refractivity contribution in [3.05, 3.63) is 54.0 Å². The van der Waals surface area contributed by atoms with Gasteiger partial charge in [-0.25, -0.2) is 0 Å². The summed E-state index contributed by atoms with van der Waals surface area (Å²) in [6.07, 6.45) is 3.86. The van der Waals surface area contributed by atoms with Crippen LogP contribution in [0.4, 0.5) is 0 Å². The highest BCUT2D eigenvalue weighted by Gasteiger charge is 2.11. The maximum Gasteiger partial charge on any atom is 0.105 e. The average molecular weight is 289 g/mol. The highest BCUT2D eigenvalue weighted by Crippen LogP contribution is 2.21. The van der Waals surface area contributed by atoms with Crippen LogP contribution in [-0.4, -0.2) is 18.3 Å². The summed E-state index contributed by atoms with van der Waals surface area (Å²) in [6.45, 7) is 5.39. The highest BCUT2D eigenvalue weighted by atomic mass is 32.2. The van der Waals surface area contributed by atoms with Gasteiger partial charge in [0, 0.05) is 23.1 Å². The first-order valence-electron chi connectivity index (χ1n) is 7.23. The Labute approximate surface area is 126 Å². The zero-order valence-electron chi connectivity index (χ0n) is 12.3. The topological polar surface area (TPSA) is 25.2 Å². The third-order valence-electron chi connectivity index (χ3n) is 3.15. The van der Waals surface area contributed by atoms with Crippen molar-refractivity contribution in [2.24, 2.45) is 0 Å². The van der Waals surface area contributed by atoms with Gasteiger partial charge in [-0.3, -0.25) is 0 Å². The molecule has 108 valence electrons. The van der Waals surface area contributed by atoms with Gasteiger partial charge in [0.1, 0.15) is 5.76 Å². The molecule has 1 aromatic heterocycles. The van der Waals surface area contributed by atoms with Crippen LogP contribution >= 0.6 is 11.8 Å². The predicted octanol–water partition coefficient (Wildman–Crippen LogP) is 4.29. The van der Waals surface area contributed by atoms with E-state index in [1.165, 1.54) is 10.5 Å². The quantitative estimate of drug-likeness (QED) is 0.734. The summed E-state index contributed by atoms with van der Waals surface area (Å²) >= 11 is 1.91. The Hall–Kier alpha value is -1.19. The Kier molecular flexibility index (Phi) is 6.22. The zero-order chi connectivity index (χ0) is 14.2. The molecule has 1 unspecified atom stereocenters. The van der Waals surface area contributed by atoms with E-state index in [-0.39, 0.29) is 0 Å². The van der Waals surface area contributed by atoms with Crippen LogP contribution in [-0.2, 0) is 6.42 Å². The molecular weight excluding hydrogens is 266 g/mol. The van der Waals surface area contributed by atoms with Crippen molar-refractivity contribution in [3.8, 4) is 0 Å². The second kappa shape index (κ2) is 8.18. The molecule has 1 heterocycles. The van der Waals surface area contributed by atoms with Crippen LogP contribution in [0.5, 0.6) is 0 Å². The van der Waals surface area contributed by atoms with Crippen molar-refractivity contribution in [2.45, 2.75) is 37.6 Å². The lowest BCUT2D eigenvalue weighted by Gasteiger charge is -2.17. The lowest BCUT2D eigenvalue weighted by molar-refractivity contribution is 0.460. The summed E-state index contributed by atoms with van der Waals surface area (Å²) in [6, 6.07) is 13.2. The van der Waals surface area contributed by atoms with Gasteiger partial charge < -0.3 is 9.73 Å². The molecule has 20 heavy (non-hydrogen) atoms. The molecule has 1 atom stereocenters. The Morgan fingerprint density at radius 3 is 2.85 bits per heavy atom. The minimum Gasteiger partial charge on any atom is -0.469 e. The molecule has 1 aromatic carbocycles. The number of hydrogen-bond acceptors (Lipinski definition) is 3. The standard InChI is InChI=1S/C17H23NOS/c1-3-9-18-15(12-16-7-5-10-19-16)13-20-17-8-4-6-14(2)11-17/h4-8,10-11,15,18H,3,9,12-13H2,1-2H3. The highest BCUT2D eigenvalue weighted by molar-refractivity contribution is 7.99. The summed E-state index contributed by atoms with van der Waals surface area (Å²) in [5.74, 6) is 2.12. The van der Waals surface area contributed by atoms with Gasteiger partial charge in [0.15, 0.2) is 0 Å². The molecule has 0 aliphatic rings. The number of nitrogens with one attached hydrogen (secondary N) is 1.